The number of ether oxygens (including phenoxy) is 1. The van der Waals surface area contributed by atoms with Crippen LogP contribution in [-0.2, 0) is 11.3 Å². The molecule has 166 valence electrons. The zero-order valence-electron chi connectivity index (χ0n) is 18.2. The van der Waals surface area contributed by atoms with Crippen molar-refractivity contribution in [3.05, 3.63) is 105 Å². The molecule has 0 bridgehead atoms. The van der Waals surface area contributed by atoms with Gasteiger partial charge in [0.25, 0.3) is 5.88 Å². The Morgan fingerprint density at radius 3 is 2.39 bits per heavy atom. The van der Waals surface area contributed by atoms with E-state index in [-0.39, 0.29) is 18.3 Å². The molecule has 0 aliphatic heterocycles. The molecule has 8 heteroatoms. The summed E-state index contributed by atoms with van der Waals surface area (Å²) in [6.07, 6.45) is 0. The zero-order chi connectivity index (χ0) is 23.4. The Morgan fingerprint density at radius 2 is 1.67 bits per heavy atom. The number of carbonyl (C=O) groups excluding carboxylic acids is 1. The van der Waals surface area contributed by atoms with E-state index in [1.807, 2.05) is 54.6 Å². The number of nitrogens with zero attached hydrogens (tertiary/aromatic N) is 3. The number of aromatic nitrogens is 3. The summed E-state index contributed by atoms with van der Waals surface area (Å²) >= 11 is 0. The van der Waals surface area contributed by atoms with Crippen molar-refractivity contribution >= 4 is 11.6 Å². The van der Waals surface area contributed by atoms with Crippen molar-refractivity contribution in [2.24, 2.45) is 0 Å². The van der Waals surface area contributed by atoms with Crippen molar-refractivity contribution in [3.8, 4) is 22.7 Å². The second-order valence-electron chi connectivity index (χ2n) is 7.39. The van der Waals surface area contributed by atoms with Gasteiger partial charge in [-0.25, -0.2) is 9.36 Å². The van der Waals surface area contributed by atoms with E-state index in [1.54, 1.807) is 24.3 Å². The lowest BCUT2D eigenvalue weighted by molar-refractivity contribution is -0.114. The Balaban J connectivity index is 1.78. The Morgan fingerprint density at radius 1 is 0.939 bits per heavy atom. The average Bonchev–Trinajstić information content (AvgIpc) is 2.82. The number of rotatable bonds is 6. The molecule has 0 spiro atoms. The standard InChI is InChI=1S/C25H22N4O4/c1-17(30)26-21-12-7-13-22(15-21)29-25(32)28(24(31)23(27-29)33-2)16-18-8-6-11-20(14-18)19-9-4-3-5-10-19/h3-15H,16H2,1-2H3,(H,26,30). The van der Waals surface area contributed by atoms with E-state index in [0.29, 0.717) is 11.4 Å². The van der Waals surface area contributed by atoms with Gasteiger partial charge in [0, 0.05) is 12.6 Å². The van der Waals surface area contributed by atoms with Crippen LogP contribution in [0.1, 0.15) is 12.5 Å². The summed E-state index contributed by atoms with van der Waals surface area (Å²) in [6, 6.07) is 24.1. The minimum absolute atomic E-state index is 0.0443. The molecule has 0 aliphatic rings. The van der Waals surface area contributed by atoms with Gasteiger partial charge in [-0.1, -0.05) is 54.6 Å². The second-order valence-corrected chi connectivity index (χ2v) is 7.39. The minimum Gasteiger partial charge on any atom is -0.476 e. The molecule has 1 aromatic heterocycles. The van der Waals surface area contributed by atoms with Crippen LogP contribution in [0.3, 0.4) is 0 Å². The molecule has 3 aromatic carbocycles. The molecule has 0 aliphatic carbocycles. The molecule has 4 aromatic rings. The molecule has 0 unspecified atom stereocenters. The molecule has 0 atom stereocenters. The van der Waals surface area contributed by atoms with Crippen LogP contribution in [0.15, 0.2) is 88.5 Å². The van der Waals surface area contributed by atoms with E-state index in [0.717, 1.165) is 25.9 Å². The Hall–Kier alpha value is -4.46. The number of hydrogen-bond donors (Lipinski definition) is 1. The van der Waals surface area contributed by atoms with E-state index in [2.05, 4.69) is 10.4 Å². The zero-order valence-corrected chi connectivity index (χ0v) is 18.2. The van der Waals surface area contributed by atoms with Crippen LogP contribution in [0.4, 0.5) is 5.69 Å². The topological polar surface area (TPSA) is 95.2 Å². The number of benzene rings is 3. The molecule has 0 radical (unpaired) electrons. The van der Waals surface area contributed by atoms with Crippen molar-refractivity contribution in [1.29, 1.82) is 0 Å². The summed E-state index contributed by atoms with van der Waals surface area (Å²) in [5.41, 5.74) is 2.43. The van der Waals surface area contributed by atoms with Crippen molar-refractivity contribution < 1.29 is 9.53 Å². The summed E-state index contributed by atoms with van der Waals surface area (Å²) in [7, 11) is 1.33. The first-order chi connectivity index (χ1) is 16.0. The quantitative estimate of drug-likeness (QED) is 0.495. The van der Waals surface area contributed by atoms with E-state index in [4.69, 9.17) is 4.74 Å². The highest BCUT2D eigenvalue weighted by molar-refractivity contribution is 5.88. The van der Waals surface area contributed by atoms with E-state index in [9.17, 15) is 14.4 Å². The Labute approximate surface area is 189 Å². The molecular formula is C25H22N4O4. The van der Waals surface area contributed by atoms with Gasteiger partial charge in [0.1, 0.15) is 0 Å². The molecule has 1 amide bonds. The number of amides is 1. The number of hydrogen-bond acceptors (Lipinski definition) is 5. The Bertz CT molecular complexity index is 1420. The van der Waals surface area contributed by atoms with Gasteiger partial charge in [0.2, 0.25) is 5.91 Å². The SMILES string of the molecule is COc1nn(-c2cccc(NC(C)=O)c2)c(=O)n(Cc2cccc(-c3ccccc3)c2)c1=O. The summed E-state index contributed by atoms with van der Waals surface area (Å²) in [4.78, 5) is 37.6. The van der Waals surface area contributed by atoms with E-state index < -0.39 is 11.2 Å². The van der Waals surface area contributed by atoms with Crippen molar-refractivity contribution in [2.45, 2.75) is 13.5 Å². The third kappa shape index (κ3) is 4.74. The molecule has 4 rings (SSSR count). The first-order valence-electron chi connectivity index (χ1n) is 10.3. The van der Waals surface area contributed by atoms with Gasteiger partial charge in [-0.15, -0.1) is 5.10 Å². The van der Waals surface area contributed by atoms with Crippen LogP contribution in [0.5, 0.6) is 5.88 Å². The van der Waals surface area contributed by atoms with Crippen LogP contribution in [-0.4, -0.2) is 27.4 Å². The maximum absolute atomic E-state index is 13.3. The highest BCUT2D eigenvalue weighted by atomic mass is 16.5. The van der Waals surface area contributed by atoms with Gasteiger partial charge in [0.05, 0.1) is 19.3 Å². The van der Waals surface area contributed by atoms with Crippen molar-refractivity contribution in [2.75, 3.05) is 12.4 Å². The van der Waals surface area contributed by atoms with Crippen molar-refractivity contribution in [1.82, 2.24) is 14.3 Å². The summed E-state index contributed by atoms with van der Waals surface area (Å²) in [5, 5.41) is 6.75. The average molecular weight is 442 g/mol. The number of carbonyl (C=O) groups is 1. The molecule has 0 saturated heterocycles. The first-order valence-corrected chi connectivity index (χ1v) is 10.3. The molecule has 1 N–H and O–H groups in total. The Kier molecular flexibility index (Phi) is 6.17. The summed E-state index contributed by atoms with van der Waals surface area (Å²) in [5.74, 6) is -0.452. The number of nitrogens with one attached hydrogen (secondary N) is 1. The molecule has 0 saturated carbocycles. The molecular weight excluding hydrogens is 420 g/mol. The smallest absolute Gasteiger partial charge is 0.352 e. The maximum Gasteiger partial charge on any atom is 0.352 e. The maximum atomic E-state index is 13.3. The normalized spacial score (nSPS) is 10.6. The fraction of sp³-hybridized carbons (Fsp3) is 0.120. The molecule has 33 heavy (non-hydrogen) atoms. The predicted octanol–water partition coefficient (Wildman–Crippen LogP) is 3.08. The predicted molar refractivity (Wildman–Crippen MR) is 126 cm³/mol. The van der Waals surface area contributed by atoms with E-state index in [1.165, 1.54) is 14.0 Å². The van der Waals surface area contributed by atoms with Crippen molar-refractivity contribution in [3.63, 3.8) is 0 Å². The summed E-state index contributed by atoms with van der Waals surface area (Å²) in [6.45, 7) is 1.44. The van der Waals surface area contributed by atoms with Crippen LogP contribution in [0, 0.1) is 0 Å². The fourth-order valence-electron chi connectivity index (χ4n) is 3.51. The largest absolute Gasteiger partial charge is 0.476 e. The van der Waals surface area contributed by atoms with Crippen LogP contribution in [0.2, 0.25) is 0 Å². The van der Waals surface area contributed by atoms with Crippen LogP contribution in [0.25, 0.3) is 16.8 Å². The van der Waals surface area contributed by atoms with Gasteiger partial charge < -0.3 is 10.1 Å². The second kappa shape index (κ2) is 9.35. The van der Waals surface area contributed by atoms with Gasteiger partial charge in [0.15, 0.2) is 0 Å². The number of methoxy groups -OCH3 is 1. The minimum atomic E-state index is -0.623. The highest BCUT2D eigenvalue weighted by Gasteiger charge is 2.16. The lowest BCUT2D eigenvalue weighted by Gasteiger charge is -2.13. The molecule has 1 heterocycles. The van der Waals surface area contributed by atoms with Gasteiger partial charge in [-0.2, -0.15) is 4.68 Å². The third-order valence-electron chi connectivity index (χ3n) is 5.01. The summed E-state index contributed by atoms with van der Waals surface area (Å²) < 4.78 is 7.33. The fourth-order valence-corrected chi connectivity index (χ4v) is 3.51. The van der Waals surface area contributed by atoms with Crippen LogP contribution < -0.4 is 21.3 Å². The molecule has 0 fully saturated rings. The molecule has 8 nitrogen and oxygen atoms in total. The van der Waals surface area contributed by atoms with Crippen LogP contribution >= 0.6 is 0 Å². The van der Waals surface area contributed by atoms with Gasteiger partial charge >= 0.3 is 11.2 Å². The lowest BCUT2D eigenvalue weighted by Crippen LogP contribution is -2.41. The third-order valence-corrected chi connectivity index (χ3v) is 5.01. The van der Waals surface area contributed by atoms with Gasteiger partial charge in [-0.05, 0) is 41.0 Å². The number of anilines is 1. The van der Waals surface area contributed by atoms with Gasteiger partial charge in [-0.3, -0.25) is 9.59 Å². The van der Waals surface area contributed by atoms with E-state index >= 15 is 0 Å². The highest BCUT2D eigenvalue weighted by Crippen LogP contribution is 2.20. The monoisotopic (exact) mass is 442 g/mol. The first kappa shape index (κ1) is 21.8. The lowest BCUT2D eigenvalue weighted by atomic mass is 10.0.